The minimum absolute atomic E-state index is 0.0397. The molecule has 0 amide bonds. The average Bonchev–Trinajstić information content (AvgIpc) is 2.75. The Morgan fingerprint density at radius 1 is 1.03 bits per heavy atom. The summed E-state index contributed by atoms with van der Waals surface area (Å²) in [5, 5.41) is 5.81. The van der Waals surface area contributed by atoms with Crippen molar-refractivity contribution < 1.29 is 26.7 Å². The quantitative estimate of drug-likeness (QED) is 0.579. The van der Waals surface area contributed by atoms with Crippen LogP contribution in [0.1, 0.15) is 57.1 Å². The molecular weight excluding hydrogens is 447 g/mol. The number of nitrogens with two attached hydrogens (primary N) is 1. The summed E-state index contributed by atoms with van der Waals surface area (Å²) in [6.45, 7) is 0. The van der Waals surface area contributed by atoms with Crippen molar-refractivity contribution in [1.82, 2.24) is 15.6 Å². The van der Waals surface area contributed by atoms with Gasteiger partial charge in [-0.3, -0.25) is 5.32 Å². The van der Waals surface area contributed by atoms with E-state index in [4.69, 9.17) is 10.5 Å². The zero-order chi connectivity index (χ0) is 23.9. The predicted molar refractivity (Wildman–Crippen MR) is 112 cm³/mol. The number of hydrogen-bond acceptors (Lipinski definition) is 5. The van der Waals surface area contributed by atoms with Gasteiger partial charge in [-0.25, -0.2) is 36.9 Å². The number of guanidine groups is 2. The van der Waals surface area contributed by atoms with Crippen molar-refractivity contribution in [2.45, 2.75) is 74.9 Å². The van der Waals surface area contributed by atoms with Crippen LogP contribution in [0.25, 0.3) is 0 Å². The number of alkyl halides is 4. The number of rotatable bonds is 4. The number of nitrogens with zero attached hydrogens (tertiary/aromatic N) is 3. The van der Waals surface area contributed by atoms with Crippen LogP contribution >= 0.6 is 0 Å². The van der Waals surface area contributed by atoms with Gasteiger partial charge in [-0.2, -0.15) is 0 Å². The summed E-state index contributed by atoms with van der Waals surface area (Å²) in [5.74, 6) is -6.67. The molecule has 4 rings (SSSR count). The molecule has 0 saturated heterocycles. The first-order valence-electron chi connectivity index (χ1n) is 11.0. The minimum atomic E-state index is -2.82. The van der Waals surface area contributed by atoms with E-state index in [2.05, 4.69) is 25.6 Å². The first-order valence-corrected chi connectivity index (χ1v) is 11.0. The minimum Gasteiger partial charge on any atom is -0.481 e. The molecule has 1 atom stereocenters. The fourth-order valence-corrected chi connectivity index (χ4v) is 4.74. The predicted octanol–water partition coefficient (Wildman–Crippen LogP) is 3.65. The topological polar surface area (TPSA) is 96.9 Å². The number of nitrogens with one attached hydrogen (secondary N) is 2. The van der Waals surface area contributed by atoms with Crippen LogP contribution in [0.5, 0.6) is 5.88 Å². The lowest BCUT2D eigenvalue weighted by atomic mass is 9.76. The maximum absolute atomic E-state index is 15.1. The highest BCUT2D eigenvalue weighted by Crippen LogP contribution is 2.46. The zero-order valence-electron chi connectivity index (χ0n) is 18.2. The third-order valence-corrected chi connectivity index (χ3v) is 6.55. The summed E-state index contributed by atoms with van der Waals surface area (Å²) in [5.41, 5.74) is 4.28. The van der Waals surface area contributed by atoms with Gasteiger partial charge in [0.15, 0.2) is 11.6 Å². The highest BCUT2D eigenvalue weighted by atomic mass is 19.3. The molecule has 2 fully saturated rings. The molecule has 0 aromatic carbocycles. The highest BCUT2D eigenvalue weighted by molar-refractivity contribution is 6.00. The molecule has 0 radical (unpaired) electrons. The van der Waals surface area contributed by atoms with Crippen LogP contribution in [0.15, 0.2) is 22.1 Å². The molecule has 1 aliphatic heterocycles. The van der Waals surface area contributed by atoms with E-state index in [0.29, 0.717) is 0 Å². The molecule has 7 nitrogen and oxygen atoms in total. The first kappa shape index (κ1) is 23.5. The van der Waals surface area contributed by atoms with E-state index in [0.717, 1.165) is 6.07 Å². The van der Waals surface area contributed by atoms with Gasteiger partial charge in [0, 0.05) is 37.7 Å². The summed E-state index contributed by atoms with van der Waals surface area (Å²) in [4.78, 5) is 13.2. The molecule has 2 heterocycles. The molecule has 1 aromatic rings. The van der Waals surface area contributed by atoms with E-state index in [1.165, 1.54) is 13.2 Å². The van der Waals surface area contributed by atoms with Gasteiger partial charge >= 0.3 is 0 Å². The van der Waals surface area contributed by atoms with Crippen molar-refractivity contribution in [3.8, 4) is 5.88 Å². The average molecular weight is 474 g/mol. The van der Waals surface area contributed by atoms with Crippen LogP contribution < -0.4 is 21.1 Å². The second-order valence-electron chi connectivity index (χ2n) is 8.89. The number of hydrogen-bond donors (Lipinski definition) is 3. The normalized spacial score (nSPS) is 29.2. The molecule has 3 aliphatic rings. The molecule has 1 unspecified atom stereocenters. The summed E-state index contributed by atoms with van der Waals surface area (Å²) in [6.07, 6.45) is -0.925. The van der Waals surface area contributed by atoms with Gasteiger partial charge in [-0.1, -0.05) is 0 Å². The molecule has 0 bridgehead atoms. The van der Waals surface area contributed by atoms with Crippen molar-refractivity contribution in [2.75, 3.05) is 7.11 Å². The number of pyridine rings is 1. The maximum Gasteiger partial charge on any atom is 0.248 e. The second kappa shape index (κ2) is 8.60. The Hall–Kier alpha value is -2.66. The molecule has 182 valence electrons. The second-order valence-corrected chi connectivity index (χ2v) is 8.89. The van der Waals surface area contributed by atoms with E-state index >= 15 is 4.39 Å². The number of methoxy groups -OCH3 is 1. The van der Waals surface area contributed by atoms with E-state index < -0.39 is 35.3 Å². The summed E-state index contributed by atoms with van der Waals surface area (Å²) in [7, 11) is 1.37. The number of aromatic nitrogens is 1. The van der Waals surface area contributed by atoms with Gasteiger partial charge in [0.05, 0.1) is 13.2 Å². The third kappa shape index (κ3) is 4.98. The van der Waals surface area contributed by atoms with Gasteiger partial charge in [0.25, 0.3) is 0 Å². The van der Waals surface area contributed by atoms with E-state index in [-0.39, 0.29) is 74.9 Å². The van der Waals surface area contributed by atoms with E-state index in [9.17, 15) is 17.6 Å². The van der Waals surface area contributed by atoms with Crippen LogP contribution in [-0.4, -0.2) is 41.9 Å². The number of ether oxygens (including phenoxy) is 1. The lowest BCUT2D eigenvalue weighted by molar-refractivity contribution is -0.0571. The maximum atomic E-state index is 15.1. The Morgan fingerprint density at radius 2 is 1.64 bits per heavy atom. The molecule has 33 heavy (non-hydrogen) atoms. The standard InChI is InChI=1S/C21H27F5N6O/c1-33-15-3-2-14(22)16(29-15)21(12-4-8-19(23,24)9-5-12)31-17(27)30-18(32-21)28-13-6-10-20(25,26)11-7-13/h2-3,12-13H,4-11H2,1H3,(H4,27,28,30,31,32). The SMILES string of the molecule is COc1ccc(F)c(C2(C3CCC(F)(F)CC3)N=C(N)NC(=NC3CCC(F)(F)CC3)N2)n1. The van der Waals surface area contributed by atoms with Crippen LogP contribution in [0.3, 0.4) is 0 Å². The van der Waals surface area contributed by atoms with Crippen molar-refractivity contribution in [2.24, 2.45) is 21.6 Å². The van der Waals surface area contributed by atoms with Crippen molar-refractivity contribution in [3.63, 3.8) is 0 Å². The Morgan fingerprint density at radius 3 is 2.24 bits per heavy atom. The zero-order valence-corrected chi connectivity index (χ0v) is 18.2. The Balaban J connectivity index is 1.73. The van der Waals surface area contributed by atoms with Gasteiger partial charge in [0.2, 0.25) is 23.7 Å². The monoisotopic (exact) mass is 474 g/mol. The summed E-state index contributed by atoms with van der Waals surface area (Å²) >= 11 is 0. The van der Waals surface area contributed by atoms with E-state index in [1.54, 1.807) is 0 Å². The molecule has 2 aliphatic carbocycles. The summed E-state index contributed by atoms with van der Waals surface area (Å²) in [6, 6.07) is 2.10. The highest BCUT2D eigenvalue weighted by Gasteiger charge is 2.51. The number of halogens is 5. The van der Waals surface area contributed by atoms with Crippen LogP contribution in [0.4, 0.5) is 22.0 Å². The van der Waals surface area contributed by atoms with Crippen LogP contribution in [0.2, 0.25) is 0 Å². The smallest absolute Gasteiger partial charge is 0.248 e. The van der Waals surface area contributed by atoms with Crippen molar-refractivity contribution in [1.29, 1.82) is 0 Å². The Kier molecular flexibility index (Phi) is 6.12. The van der Waals surface area contributed by atoms with Crippen LogP contribution in [-0.2, 0) is 5.66 Å². The lowest BCUT2D eigenvalue weighted by Gasteiger charge is -2.44. The van der Waals surface area contributed by atoms with Crippen LogP contribution in [0, 0.1) is 11.7 Å². The fourth-order valence-electron chi connectivity index (χ4n) is 4.74. The van der Waals surface area contributed by atoms with Gasteiger partial charge in [-0.15, -0.1) is 0 Å². The lowest BCUT2D eigenvalue weighted by Crippen LogP contribution is -2.62. The molecule has 2 saturated carbocycles. The van der Waals surface area contributed by atoms with Crippen molar-refractivity contribution >= 4 is 11.9 Å². The van der Waals surface area contributed by atoms with E-state index in [1.807, 2.05) is 0 Å². The molecular formula is C21H27F5N6O. The Bertz CT molecular complexity index is 935. The first-order chi connectivity index (χ1) is 15.5. The van der Waals surface area contributed by atoms with Gasteiger partial charge < -0.3 is 15.8 Å². The molecule has 0 spiro atoms. The summed E-state index contributed by atoms with van der Waals surface area (Å²) < 4.78 is 75.1. The molecule has 4 N–H and O–H groups in total. The van der Waals surface area contributed by atoms with Gasteiger partial charge in [-0.05, 0) is 31.7 Å². The largest absolute Gasteiger partial charge is 0.481 e. The van der Waals surface area contributed by atoms with Gasteiger partial charge in [0.1, 0.15) is 11.5 Å². The molecule has 12 heteroatoms. The molecule has 1 aromatic heterocycles. The number of aliphatic imine (C=N–C) groups is 2. The van der Waals surface area contributed by atoms with Crippen molar-refractivity contribution in [3.05, 3.63) is 23.6 Å². The third-order valence-electron chi connectivity index (χ3n) is 6.55. The fraction of sp³-hybridized carbons (Fsp3) is 0.667. The Labute approximate surface area is 188 Å².